The lowest BCUT2D eigenvalue weighted by Crippen LogP contribution is -2.40. The first kappa shape index (κ1) is 24.1. The second-order valence-electron chi connectivity index (χ2n) is 5.91. The van der Waals surface area contributed by atoms with E-state index in [4.69, 9.17) is 0 Å². The van der Waals surface area contributed by atoms with Gasteiger partial charge in [0.1, 0.15) is 12.3 Å². The van der Waals surface area contributed by atoms with Crippen LogP contribution >= 0.6 is 35.7 Å². The van der Waals surface area contributed by atoms with Gasteiger partial charge in [-0.2, -0.15) is 0 Å². The number of aliphatic imine (C=N–C) groups is 1. The second-order valence-corrected chi connectivity index (χ2v) is 7.42. The van der Waals surface area contributed by atoms with Crippen molar-refractivity contribution < 1.29 is 9.90 Å². The predicted molar refractivity (Wildman–Crippen MR) is 128 cm³/mol. The number of carbonyl (C=O) groups is 1. The molecule has 0 aliphatic rings. The van der Waals surface area contributed by atoms with Crippen LogP contribution in [0.25, 0.3) is 0 Å². The van der Waals surface area contributed by atoms with E-state index in [-0.39, 0.29) is 42.2 Å². The fourth-order valence-corrected chi connectivity index (χ4v) is 3.20. The van der Waals surface area contributed by atoms with Crippen molar-refractivity contribution >= 4 is 53.3 Å². The van der Waals surface area contributed by atoms with Gasteiger partial charge < -0.3 is 21.1 Å². The number of aromatic hydroxyl groups is 1. The topological polar surface area (TPSA) is 85.8 Å². The molecule has 0 aliphatic carbocycles. The summed E-state index contributed by atoms with van der Waals surface area (Å²) < 4.78 is 0. The highest BCUT2D eigenvalue weighted by Gasteiger charge is 2.07. The summed E-state index contributed by atoms with van der Waals surface area (Å²) in [5.74, 6) is 0.551. The smallest absolute Gasteiger partial charge is 0.246 e. The number of benzene rings is 2. The maximum atomic E-state index is 12.0. The fraction of sp³-hybridized carbons (Fsp3) is 0.300. The average Bonchev–Trinajstić information content (AvgIpc) is 2.66. The molecule has 1 unspecified atom stereocenters. The van der Waals surface area contributed by atoms with Crippen LogP contribution in [0.4, 0.5) is 5.69 Å². The number of phenols is 1. The maximum absolute atomic E-state index is 12.0. The normalized spacial score (nSPS) is 11.9. The van der Waals surface area contributed by atoms with Crippen LogP contribution in [-0.4, -0.2) is 41.9 Å². The van der Waals surface area contributed by atoms with Gasteiger partial charge in [-0.05, 0) is 43.3 Å². The molecule has 1 amide bonds. The molecule has 2 aromatic carbocycles. The number of guanidine groups is 1. The molecule has 6 nitrogen and oxygen atoms in total. The van der Waals surface area contributed by atoms with Crippen molar-refractivity contribution in [1.29, 1.82) is 0 Å². The Morgan fingerprint density at radius 3 is 2.43 bits per heavy atom. The van der Waals surface area contributed by atoms with Crippen molar-refractivity contribution in [2.45, 2.75) is 24.0 Å². The van der Waals surface area contributed by atoms with E-state index in [2.05, 4.69) is 40.0 Å². The Labute approximate surface area is 187 Å². The van der Waals surface area contributed by atoms with E-state index in [1.807, 2.05) is 25.1 Å². The first-order valence-electron chi connectivity index (χ1n) is 8.89. The third-order valence-corrected chi connectivity index (χ3v) is 4.63. The van der Waals surface area contributed by atoms with Crippen molar-refractivity contribution in [2.24, 2.45) is 4.99 Å². The lowest BCUT2D eigenvalue weighted by atomic mass is 10.3. The Kier molecular flexibility index (Phi) is 11.4. The van der Waals surface area contributed by atoms with Gasteiger partial charge in [-0.25, -0.2) is 4.99 Å². The van der Waals surface area contributed by atoms with Crippen molar-refractivity contribution in [2.75, 3.05) is 25.0 Å². The number of anilines is 1. The number of halogens is 1. The van der Waals surface area contributed by atoms with Crippen LogP contribution in [0.3, 0.4) is 0 Å². The van der Waals surface area contributed by atoms with Gasteiger partial charge in [-0.3, -0.25) is 4.79 Å². The van der Waals surface area contributed by atoms with Crippen molar-refractivity contribution in [1.82, 2.24) is 10.6 Å². The zero-order chi connectivity index (χ0) is 19.5. The third kappa shape index (κ3) is 9.32. The number of rotatable bonds is 8. The number of nitrogens with one attached hydrogen (secondary N) is 3. The van der Waals surface area contributed by atoms with Gasteiger partial charge >= 0.3 is 0 Å². The summed E-state index contributed by atoms with van der Waals surface area (Å²) in [5, 5.41) is 18.8. The lowest BCUT2D eigenvalue weighted by Gasteiger charge is -2.15. The summed E-state index contributed by atoms with van der Waals surface area (Å²) in [6.07, 6.45) is 0. The number of amides is 1. The van der Waals surface area contributed by atoms with Gasteiger partial charge in [0, 0.05) is 28.9 Å². The van der Waals surface area contributed by atoms with Gasteiger partial charge in [0.15, 0.2) is 5.96 Å². The summed E-state index contributed by atoms with van der Waals surface area (Å²) in [7, 11) is 0. The Balaban J connectivity index is 0.00000392. The highest BCUT2D eigenvalue weighted by molar-refractivity contribution is 14.0. The Hall–Kier alpha value is -1.94. The highest BCUT2D eigenvalue weighted by atomic mass is 127. The Morgan fingerprint density at radius 1 is 1.11 bits per heavy atom. The molecule has 0 bridgehead atoms. The SMILES string of the molecule is CCNC(=NCC(=O)Nc1ccc(O)cc1)NCC(C)Sc1ccccc1.I. The van der Waals surface area contributed by atoms with Crippen LogP contribution in [-0.2, 0) is 4.79 Å². The van der Waals surface area contributed by atoms with E-state index < -0.39 is 0 Å². The van der Waals surface area contributed by atoms with Crippen LogP contribution < -0.4 is 16.0 Å². The Bertz CT molecular complexity index is 742. The molecule has 28 heavy (non-hydrogen) atoms. The van der Waals surface area contributed by atoms with Gasteiger partial charge in [-0.15, -0.1) is 35.7 Å². The van der Waals surface area contributed by atoms with Crippen LogP contribution in [0.15, 0.2) is 64.5 Å². The van der Waals surface area contributed by atoms with Crippen LogP contribution in [0.2, 0.25) is 0 Å². The Morgan fingerprint density at radius 2 is 1.79 bits per heavy atom. The summed E-state index contributed by atoms with van der Waals surface area (Å²) in [5.41, 5.74) is 0.624. The van der Waals surface area contributed by atoms with Gasteiger partial charge in [0.05, 0.1) is 0 Å². The average molecular weight is 514 g/mol. The number of hydrogen-bond donors (Lipinski definition) is 4. The third-order valence-electron chi connectivity index (χ3n) is 3.51. The number of thioether (sulfide) groups is 1. The molecule has 0 aliphatic heterocycles. The second kappa shape index (κ2) is 13.3. The minimum absolute atomic E-state index is 0. The minimum Gasteiger partial charge on any atom is -0.508 e. The molecule has 0 heterocycles. The van der Waals surface area contributed by atoms with Gasteiger partial charge in [-0.1, -0.05) is 25.1 Å². The van der Waals surface area contributed by atoms with Crippen LogP contribution in [0.5, 0.6) is 5.75 Å². The summed E-state index contributed by atoms with van der Waals surface area (Å²) >= 11 is 1.79. The van der Waals surface area contributed by atoms with E-state index in [1.165, 1.54) is 17.0 Å². The van der Waals surface area contributed by atoms with Crippen molar-refractivity contribution in [3.63, 3.8) is 0 Å². The summed E-state index contributed by atoms with van der Waals surface area (Å²) in [6, 6.07) is 16.6. The molecule has 0 fully saturated rings. The first-order valence-corrected chi connectivity index (χ1v) is 9.77. The predicted octanol–water partition coefficient (Wildman–Crippen LogP) is 3.68. The lowest BCUT2D eigenvalue weighted by molar-refractivity contribution is -0.114. The molecule has 2 rings (SSSR count). The van der Waals surface area contributed by atoms with Crippen LogP contribution in [0.1, 0.15) is 13.8 Å². The minimum atomic E-state index is -0.218. The summed E-state index contributed by atoms with van der Waals surface area (Å²) in [6.45, 7) is 5.58. The van der Waals surface area contributed by atoms with E-state index in [0.717, 1.165) is 6.54 Å². The van der Waals surface area contributed by atoms with Crippen LogP contribution in [0, 0.1) is 0 Å². The largest absolute Gasteiger partial charge is 0.508 e. The quantitative estimate of drug-likeness (QED) is 0.142. The molecule has 0 saturated heterocycles. The van der Waals surface area contributed by atoms with E-state index in [1.54, 1.807) is 23.9 Å². The number of carbonyl (C=O) groups excluding carboxylic acids is 1. The number of hydrogen-bond acceptors (Lipinski definition) is 4. The summed E-state index contributed by atoms with van der Waals surface area (Å²) in [4.78, 5) is 17.6. The van der Waals surface area contributed by atoms with E-state index in [9.17, 15) is 9.90 Å². The molecule has 152 valence electrons. The fourth-order valence-electron chi connectivity index (χ4n) is 2.25. The molecule has 8 heteroatoms. The first-order chi connectivity index (χ1) is 13.1. The molecule has 0 aromatic heterocycles. The molecule has 4 N–H and O–H groups in total. The molecular weight excluding hydrogens is 487 g/mol. The van der Waals surface area contributed by atoms with Gasteiger partial charge in [0.25, 0.3) is 0 Å². The van der Waals surface area contributed by atoms with Gasteiger partial charge in [0.2, 0.25) is 5.91 Å². The molecule has 0 saturated carbocycles. The maximum Gasteiger partial charge on any atom is 0.246 e. The molecule has 2 aromatic rings. The standard InChI is InChI=1S/C20H26N4O2S.HI/c1-3-21-20(22-13-15(2)27-18-7-5-4-6-8-18)23-14-19(26)24-16-9-11-17(25)12-10-16;/h4-12,15,25H,3,13-14H2,1-2H3,(H,24,26)(H2,21,22,23);1H. The molecule has 1 atom stereocenters. The highest BCUT2D eigenvalue weighted by Crippen LogP contribution is 2.21. The number of phenolic OH excluding ortho intramolecular Hbond substituents is 1. The molecule has 0 spiro atoms. The zero-order valence-electron chi connectivity index (χ0n) is 16.0. The van der Waals surface area contributed by atoms with E-state index >= 15 is 0 Å². The van der Waals surface area contributed by atoms with Crippen molar-refractivity contribution in [3.8, 4) is 5.75 Å². The van der Waals surface area contributed by atoms with E-state index in [0.29, 0.717) is 23.4 Å². The molecular formula is C20H27IN4O2S. The monoisotopic (exact) mass is 514 g/mol. The number of nitrogens with zero attached hydrogens (tertiary/aromatic N) is 1. The van der Waals surface area contributed by atoms with Crippen molar-refractivity contribution in [3.05, 3.63) is 54.6 Å². The zero-order valence-corrected chi connectivity index (χ0v) is 19.2. The molecule has 0 radical (unpaired) electrons.